The molecule has 0 aromatic rings. The molecule has 0 saturated heterocycles. The maximum absolute atomic E-state index is 10.1. The molecule has 1 aliphatic rings. The molecule has 3 atom stereocenters. The minimum absolute atomic E-state index is 0.0146. The number of hydrogen-bond acceptors (Lipinski definition) is 6. The molecule has 3 unspecified atom stereocenters. The van der Waals surface area contributed by atoms with Crippen LogP contribution in [0.2, 0.25) is 0 Å². The molecule has 2 N–H and O–H groups in total. The average Bonchev–Trinajstić information content (AvgIpc) is 2.57. The van der Waals surface area contributed by atoms with E-state index < -0.39 is 12.2 Å². The van der Waals surface area contributed by atoms with E-state index in [1.807, 2.05) is 6.92 Å². The van der Waals surface area contributed by atoms with Gasteiger partial charge in [-0.3, -0.25) is 0 Å². The third-order valence-electron chi connectivity index (χ3n) is 3.91. The minimum atomic E-state index is -1.07. The summed E-state index contributed by atoms with van der Waals surface area (Å²) in [6.07, 6.45) is 4.85. The first-order chi connectivity index (χ1) is 11.2. The Balaban J connectivity index is 2.47. The standard InChI is InChI=1S/C17H30N2O4/c1-3-22-10-11-23-17(20)16(13-18)14-6-4-7-15(12-14)19-8-5-9-21-2/h12,14,16-17,19-20H,3-11H2,1-2H3. The van der Waals surface area contributed by atoms with E-state index in [-0.39, 0.29) is 5.92 Å². The van der Waals surface area contributed by atoms with E-state index in [0.29, 0.717) is 19.8 Å². The number of ether oxygens (including phenoxy) is 3. The van der Waals surface area contributed by atoms with E-state index in [2.05, 4.69) is 17.5 Å². The number of rotatable bonds is 12. The fourth-order valence-electron chi connectivity index (χ4n) is 2.70. The van der Waals surface area contributed by atoms with E-state index in [9.17, 15) is 10.4 Å². The van der Waals surface area contributed by atoms with Gasteiger partial charge in [0, 0.05) is 32.6 Å². The van der Waals surface area contributed by atoms with E-state index in [4.69, 9.17) is 14.2 Å². The number of allylic oxidation sites excluding steroid dienone is 2. The predicted octanol–water partition coefficient (Wildman–Crippen LogP) is 1.81. The van der Waals surface area contributed by atoms with Gasteiger partial charge in [0.25, 0.3) is 0 Å². The lowest BCUT2D eigenvalue weighted by Crippen LogP contribution is -2.32. The van der Waals surface area contributed by atoms with E-state index in [1.165, 1.54) is 0 Å². The summed E-state index contributed by atoms with van der Waals surface area (Å²) < 4.78 is 15.5. The Morgan fingerprint density at radius 1 is 1.43 bits per heavy atom. The smallest absolute Gasteiger partial charge is 0.171 e. The second kappa shape index (κ2) is 12.3. The molecule has 0 aliphatic heterocycles. The maximum atomic E-state index is 10.1. The number of aliphatic hydroxyl groups is 1. The number of aliphatic hydroxyl groups excluding tert-OH is 1. The van der Waals surface area contributed by atoms with Crippen LogP contribution in [0.4, 0.5) is 0 Å². The molecule has 0 fully saturated rings. The highest BCUT2D eigenvalue weighted by Crippen LogP contribution is 2.29. The Hall–Kier alpha value is -1.13. The monoisotopic (exact) mass is 326 g/mol. The summed E-state index contributed by atoms with van der Waals surface area (Å²) in [6, 6.07) is 2.20. The topological polar surface area (TPSA) is 83.7 Å². The highest BCUT2D eigenvalue weighted by molar-refractivity contribution is 5.10. The molecule has 0 amide bonds. The molecule has 0 radical (unpaired) electrons. The third kappa shape index (κ3) is 7.80. The SMILES string of the molecule is CCOCCOC(O)C(C#N)C1C=C(NCCCOC)CCC1. The van der Waals surface area contributed by atoms with Crippen molar-refractivity contribution in [2.45, 2.75) is 38.9 Å². The highest BCUT2D eigenvalue weighted by atomic mass is 16.6. The Morgan fingerprint density at radius 3 is 2.96 bits per heavy atom. The molecule has 6 heteroatoms. The summed E-state index contributed by atoms with van der Waals surface area (Å²) >= 11 is 0. The van der Waals surface area contributed by atoms with Crippen LogP contribution in [0.15, 0.2) is 11.8 Å². The summed E-state index contributed by atoms with van der Waals surface area (Å²) in [6.45, 7) is 4.84. The number of nitrogens with zero attached hydrogens (tertiary/aromatic N) is 1. The quantitative estimate of drug-likeness (QED) is 0.420. The van der Waals surface area contributed by atoms with Crippen LogP contribution < -0.4 is 5.32 Å². The molecule has 132 valence electrons. The first-order valence-corrected chi connectivity index (χ1v) is 8.43. The summed E-state index contributed by atoms with van der Waals surface area (Å²) in [4.78, 5) is 0. The normalized spacial score (nSPS) is 20.4. The fourth-order valence-corrected chi connectivity index (χ4v) is 2.70. The predicted molar refractivity (Wildman–Crippen MR) is 87.5 cm³/mol. The van der Waals surface area contributed by atoms with Crippen LogP contribution in [0, 0.1) is 23.2 Å². The molecule has 6 nitrogen and oxygen atoms in total. The zero-order valence-corrected chi connectivity index (χ0v) is 14.3. The summed E-state index contributed by atoms with van der Waals surface area (Å²) in [7, 11) is 1.69. The molecular formula is C17H30N2O4. The van der Waals surface area contributed by atoms with Gasteiger partial charge in [-0.15, -0.1) is 0 Å². The molecule has 0 aromatic carbocycles. The van der Waals surface area contributed by atoms with Crippen LogP contribution in [0.5, 0.6) is 0 Å². The molecule has 0 bridgehead atoms. The molecule has 0 heterocycles. The lowest BCUT2D eigenvalue weighted by atomic mass is 9.83. The van der Waals surface area contributed by atoms with Crippen LogP contribution in [-0.4, -0.2) is 51.5 Å². The first-order valence-electron chi connectivity index (χ1n) is 8.43. The Kier molecular flexibility index (Phi) is 10.7. The zero-order valence-electron chi connectivity index (χ0n) is 14.3. The van der Waals surface area contributed by atoms with Gasteiger partial charge in [-0.05, 0) is 38.5 Å². The van der Waals surface area contributed by atoms with Gasteiger partial charge in [-0.2, -0.15) is 5.26 Å². The van der Waals surface area contributed by atoms with Crippen molar-refractivity contribution in [3.05, 3.63) is 11.8 Å². The van der Waals surface area contributed by atoms with Gasteiger partial charge in [0.05, 0.1) is 19.3 Å². The molecule has 23 heavy (non-hydrogen) atoms. The van der Waals surface area contributed by atoms with Crippen molar-refractivity contribution in [3.8, 4) is 6.07 Å². The fraction of sp³-hybridized carbons (Fsp3) is 0.824. The molecule has 1 rings (SSSR count). The lowest BCUT2D eigenvalue weighted by Gasteiger charge is -2.28. The minimum Gasteiger partial charge on any atom is -0.389 e. The largest absolute Gasteiger partial charge is 0.389 e. The Morgan fingerprint density at radius 2 is 2.26 bits per heavy atom. The van der Waals surface area contributed by atoms with E-state index in [0.717, 1.165) is 44.5 Å². The molecule has 0 aromatic heterocycles. The van der Waals surface area contributed by atoms with Gasteiger partial charge in [0.15, 0.2) is 6.29 Å². The zero-order chi connectivity index (χ0) is 16.9. The van der Waals surface area contributed by atoms with Crippen LogP contribution in [0.3, 0.4) is 0 Å². The van der Waals surface area contributed by atoms with Gasteiger partial charge < -0.3 is 24.6 Å². The van der Waals surface area contributed by atoms with E-state index >= 15 is 0 Å². The number of nitriles is 1. The van der Waals surface area contributed by atoms with Crippen molar-refractivity contribution in [2.75, 3.05) is 40.1 Å². The van der Waals surface area contributed by atoms with Gasteiger partial charge in [-0.25, -0.2) is 0 Å². The van der Waals surface area contributed by atoms with Crippen LogP contribution in [0.25, 0.3) is 0 Å². The lowest BCUT2D eigenvalue weighted by molar-refractivity contribution is -0.139. The maximum Gasteiger partial charge on any atom is 0.171 e. The van der Waals surface area contributed by atoms with Gasteiger partial charge in [-0.1, -0.05) is 6.08 Å². The van der Waals surface area contributed by atoms with E-state index in [1.54, 1.807) is 7.11 Å². The van der Waals surface area contributed by atoms with Crippen molar-refractivity contribution >= 4 is 0 Å². The van der Waals surface area contributed by atoms with Gasteiger partial charge in [0.2, 0.25) is 0 Å². The van der Waals surface area contributed by atoms with Crippen LogP contribution in [-0.2, 0) is 14.2 Å². The van der Waals surface area contributed by atoms with Gasteiger partial charge in [0.1, 0.15) is 5.92 Å². The number of nitrogens with one attached hydrogen (secondary N) is 1. The molecule has 0 saturated carbocycles. The van der Waals surface area contributed by atoms with Gasteiger partial charge >= 0.3 is 0 Å². The Bertz CT molecular complexity index is 381. The molecule has 0 spiro atoms. The van der Waals surface area contributed by atoms with Crippen molar-refractivity contribution in [1.82, 2.24) is 5.32 Å². The molecule has 1 aliphatic carbocycles. The average molecular weight is 326 g/mol. The summed E-state index contributed by atoms with van der Waals surface area (Å²) in [5.41, 5.74) is 1.15. The third-order valence-corrected chi connectivity index (χ3v) is 3.91. The Labute approximate surface area is 139 Å². The number of methoxy groups -OCH3 is 1. The summed E-state index contributed by atoms with van der Waals surface area (Å²) in [5, 5.41) is 22.9. The van der Waals surface area contributed by atoms with Crippen molar-refractivity contribution in [1.29, 1.82) is 5.26 Å². The second-order valence-electron chi connectivity index (χ2n) is 5.63. The second-order valence-corrected chi connectivity index (χ2v) is 5.63. The summed E-state index contributed by atoms with van der Waals surface area (Å²) in [5.74, 6) is -0.534. The first kappa shape index (κ1) is 19.9. The van der Waals surface area contributed by atoms with Crippen LogP contribution >= 0.6 is 0 Å². The number of hydrogen-bond donors (Lipinski definition) is 2. The van der Waals surface area contributed by atoms with Crippen molar-refractivity contribution < 1.29 is 19.3 Å². The van der Waals surface area contributed by atoms with Crippen molar-refractivity contribution in [2.24, 2.45) is 11.8 Å². The highest BCUT2D eigenvalue weighted by Gasteiger charge is 2.29. The van der Waals surface area contributed by atoms with Crippen LogP contribution in [0.1, 0.15) is 32.6 Å². The van der Waals surface area contributed by atoms with Crippen molar-refractivity contribution in [3.63, 3.8) is 0 Å². The molecular weight excluding hydrogens is 296 g/mol.